The minimum atomic E-state index is 0.973. The molecular formula is C12H24. The van der Waals surface area contributed by atoms with E-state index in [1.165, 1.54) is 38.5 Å². The highest BCUT2D eigenvalue weighted by molar-refractivity contribution is 4.78. The van der Waals surface area contributed by atoms with Crippen molar-refractivity contribution in [1.82, 2.24) is 0 Å². The second-order valence-corrected chi connectivity index (χ2v) is 4.61. The Kier molecular flexibility index (Phi) is 4.11. The van der Waals surface area contributed by atoms with Crippen molar-refractivity contribution < 1.29 is 0 Å². The largest absolute Gasteiger partial charge is 0.0654 e. The summed E-state index contributed by atoms with van der Waals surface area (Å²) in [5, 5.41) is 0. The molecule has 0 saturated heterocycles. The molecule has 0 aromatic heterocycles. The fourth-order valence-corrected chi connectivity index (χ4v) is 2.27. The quantitative estimate of drug-likeness (QED) is 0.556. The standard InChI is InChI=1S/C12H24/c1-4-6-10(3)12(5-2)9-11-7-8-11/h10-12H,4-9H2,1-3H3/t10?,12-/m1/s1. The maximum Gasteiger partial charge on any atom is -0.0388 e. The molecule has 0 radical (unpaired) electrons. The summed E-state index contributed by atoms with van der Waals surface area (Å²) >= 11 is 0. The van der Waals surface area contributed by atoms with Crippen LogP contribution in [0.25, 0.3) is 0 Å². The maximum atomic E-state index is 2.44. The summed E-state index contributed by atoms with van der Waals surface area (Å²) in [5.41, 5.74) is 0. The van der Waals surface area contributed by atoms with Crippen molar-refractivity contribution in [1.29, 1.82) is 0 Å². The van der Waals surface area contributed by atoms with E-state index in [2.05, 4.69) is 20.8 Å². The van der Waals surface area contributed by atoms with E-state index in [1.54, 1.807) is 0 Å². The minimum Gasteiger partial charge on any atom is -0.0654 e. The summed E-state index contributed by atoms with van der Waals surface area (Å²) in [4.78, 5) is 0. The van der Waals surface area contributed by atoms with Crippen molar-refractivity contribution in [2.24, 2.45) is 17.8 Å². The zero-order valence-electron chi connectivity index (χ0n) is 8.97. The van der Waals surface area contributed by atoms with E-state index in [9.17, 15) is 0 Å². The Morgan fingerprint density at radius 1 is 1.25 bits per heavy atom. The highest BCUT2D eigenvalue weighted by atomic mass is 14.3. The summed E-state index contributed by atoms with van der Waals surface area (Å²) < 4.78 is 0. The van der Waals surface area contributed by atoms with Crippen LogP contribution in [0.15, 0.2) is 0 Å². The topological polar surface area (TPSA) is 0 Å². The van der Waals surface area contributed by atoms with Gasteiger partial charge < -0.3 is 0 Å². The molecule has 0 bridgehead atoms. The minimum absolute atomic E-state index is 0.973. The molecule has 1 rings (SSSR count). The zero-order chi connectivity index (χ0) is 8.97. The lowest BCUT2D eigenvalue weighted by Crippen LogP contribution is -2.11. The first kappa shape index (κ1) is 10.1. The number of rotatable bonds is 6. The van der Waals surface area contributed by atoms with Crippen LogP contribution in [0.4, 0.5) is 0 Å². The third kappa shape index (κ3) is 3.16. The molecule has 12 heavy (non-hydrogen) atoms. The van der Waals surface area contributed by atoms with Gasteiger partial charge in [0.25, 0.3) is 0 Å². The fourth-order valence-electron chi connectivity index (χ4n) is 2.27. The van der Waals surface area contributed by atoms with Gasteiger partial charge in [0.15, 0.2) is 0 Å². The van der Waals surface area contributed by atoms with Crippen LogP contribution in [0, 0.1) is 17.8 Å². The van der Waals surface area contributed by atoms with E-state index in [4.69, 9.17) is 0 Å². The third-order valence-electron chi connectivity index (χ3n) is 3.41. The van der Waals surface area contributed by atoms with Gasteiger partial charge in [-0.15, -0.1) is 0 Å². The van der Waals surface area contributed by atoms with Crippen LogP contribution in [0.5, 0.6) is 0 Å². The molecule has 0 aliphatic heterocycles. The number of hydrogen-bond donors (Lipinski definition) is 0. The summed E-state index contributed by atoms with van der Waals surface area (Å²) in [6.45, 7) is 7.11. The molecule has 0 amide bonds. The van der Waals surface area contributed by atoms with Crippen molar-refractivity contribution in [3.8, 4) is 0 Å². The molecule has 1 saturated carbocycles. The summed E-state index contributed by atoms with van der Waals surface area (Å²) in [5.74, 6) is 3.12. The van der Waals surface area contributed by atoms with E-state index in [0.29, 0.717) is 0 Å². The van der Waals surface area contributed by atoms with E-state index in [1.807, 2.05) is 0 Å². The van der Waals surface area contributed by atoms with Gasteiger partial charge in [0.05, 0.1) is 0 Å². The lowest BCUT2D eigenvalue weighted by atomic mass is 9.84. The molecule has 2 atom stereocenters. The van der Waals surface area contributed by atoms with Crippen LogP contribution in [0.1, 0.15) is 59.3 Å². The lowest BCUT2D eigenvalue weighted by Gasteiger charge is -2.21. The molecule has 0 N–H and O–H groups in total. The molecule has 1 aliphatic carbocycles. The second kappa shape index (κ2) is 4.89. The Labute approximate surface area is 77.7 Å². The summed E-state index contributed by atoms with van der Waals surface area (Å²) in [6, 6.07) is 0. The first-order valence-electron chi connectivity index (χ1n) is 5.77. The Balaban J connectivity index is 2.21. The Morgan fingerprint density at radius 3 is 2.33 bits per heavy atom. The molecule has 0 heterocycles. The zero-order valence-corrected chi connectivity index (χ0v) is 8.97. The molecule has 1 unspecified atom stereocenters. The van der Waals surface area contributed by atoms with E-state index < -0.39 is 0 Å². The smallest absolute Gasteiger partial charge is 0.0388 e. The van der Waals surface area contributed by atoms with Gasteiger partial charge in [0, 0.05) is 0 Å². The number of hydrogen-bond acceptors (Lipinski definition) is 0. The Hall–Kier alpha value is 0. The second-order valence-electron chi connectivity index (χ2n) is 4.61. The van der Waals surface area contributed by atoms with Gasteiger partial charge in [-0.2, -0.15) is 0 Å². The maximum absolute atomic E-state index is 2.44. The average Bonchev–Trinajstić information content (AvgIpc) is 2.84. The SMILES string of the molecule is CCCC(C)[C@H](CC)CC1CC1. The van der Waals surface area contributed by atoms with Crippen LogP contribution in [0.3, 0.4) is 0 Å². The van der Waals surface area contributed by atoms with Gasteiger partial charge in [-0.25, -0.2) is 0 Å². The van der Waals surface area contributed by atoms with Crippen molar-refractivity contribution >= 4 is 0 Å². The monoisotopic (exact) mass is 168 g/mol. The lowest BCUT2D eigenvalue weighted by molar-refractivity contribution is 0.294. The van der Waals surface area contributed by atoms with Gasteiger partial charge in [-0.05, 0) is 24.2 Å². The predicted octanol–water partition coefficient (Wildman–Crippen LogP) is 4.25. The fraction of sp³-hybridized carbons (Fsp3) is 1.00. The molecule has 1 fully saturated rings. The molecule has 1 aliphatic rings. The van der Waals surface area contributed by atoms with Gasteiger partial charge in [0.2, 0.25) is 0 Å². The normalized spacial score (nSPS) is 22.2. The van der Waals surface area contributed by atoms with Crippen LogP contribution in [-0.4, -0.2) is 0 Å². The molecule has 0 spiro atoms. The predicted molar refractivity (Wildman–Crippen MR) is 55.2 cm³/mol. The molecular weight excluding hydrogens is 144 g/mol. The Morgan fingerprint density at radius 2 is 1.92 bits per heavy atom. The van der Waals surface area contributed by atoms with E-state index >= 15 is 0 Å². The summed E-state index contributed by atoms with van der Waals surface area (Å²) in [7, 11) is 0. The van der Waals surface area contributed by atoms with E-state index in [-0.39, 0.29) is 0 Å². The molecule has 0 aromatic carbocycles. The van der Waals surface area contributed by atoms with Crippen LogP contribution in [0.2, 0.25) is 0 Å². The molecule has 0 nitrogen and oxygen atoms in total. The van der Waals surface area contributed by atoms with Crippen LogP contribution in [-0.2, 0) is 0 Å². The first-order valence-corrected chi connectivity index (χ1v) is 5.77. The average molecular weight is 168 g/mol. The van der Waals surface area contributed by atoms with Gasteiger partial charge in [0.1, 0.15) is 0 Å². The van der Waals surface area contributed by atoms with Crippen molar-refractivity contribution in [3.05, 3.63) is 0 Å². The van der Waals surface area contributed by atoms with Crippen molar-refractivity contribution in [2.45, 2.75) is 59.3 Å². The van der Waals surface area contributed by atoms with E-state index in [0.717, 1.165) is 17.8 Å². The van der Waals surface area contributed by atoms with Crippen LogP contribution >= 0.6 is 0 Å². The van der Waals surface area contributed by atoms with Gasteiger partial charge in [-0.3, -0.25) is 0 Å². The first-order chi connectivity index (χ1) is 5.77. The van der Waals surface area contributed by atoms with Crippen LogP contribution < -0.4 is 0 Å². The highest BCUT2D eigenvalue weighted by Crippen LogP contribution is 2.39. The van der Waals surface area contributed by atoms with Gasteiger partial charge >= 0.3 is 0 Å². The third-order valence-corrected chi connectivity index (χ3v) is 3.41. The molecule has 0 heteroatoms. The highest BCUT2D eigenvalue weighted by Gasteiger charge is 2.26. The van der Waals surface area contributed by atoms with Crippen molar-refractivity contribution in [3.63, 3.8) is 0 Å². The van der Waals surface area contributed by atoms with Gasteiger partial charge in [-0.1, -0.05) is 52.9 Å². The Bertz CT molecular complexity index is 113. The molecule has 0 aromatic rings. The van der Waals surface area contributed by atoms with Crippen molar-refractivity contribution in [2.75, 3.05) is 0 Å². The summed E-state index contributed by atoms with van der Waals surface area (Å²) in [6.07, 6.45) is 8.77. The molecule has 72 valence electrons.